The molecule has 0 saturated carbocycles. The SMILES string of the molecule is C[C@@H](OC(=O)CCc1nc2ccccc2c(=O)[nH]1)C(=O)NCCc1ccccc1. The minimum Gasteiger partial charge on any atom is -0.453 e. The Kier molecular flexibility index (Phi) is 6.73. The molecule has 150 valence electrons. The summed E-state index contributed by atoms with van der Waals surface area (Å²) in [5, 5.41) is 3.26. The van der Waals surface area contributed by atoms with E-state index in [-0.39, 0.29) is 24.3 Å². The van der Waals surface area contributed by atoms with Gasteiger partial charge < -0.3 is 15.0 Å². The predicted octanol–water partition coefficient (Wildman–Crippen LogP) is 2.15. The van der Waals surface area contributed by atoms with Crippen molar-refractivity contribution in [3.05, 3.63) is 76.3 Å². The molecule has 0 fully saturated rings. The van der Waals surface area contributed by atoms with Gasteiger partial charge in [0.2, 0.25) is 0 Å². The summed E-state index contributed by atoms with van der Waals surface area (Å²) in [7, 11) is 0. The molecule has 0 spiro atoms. The van der Waals surface area contributed by atoms with E-state index in [1.807, 2.05) is 30.3 Å². The summed E-state index contributed by atoms with van der Waals surface area (Å²) in [5.41, 5.74) is 1.45. The number of esters is 1. The van der Waals surface area contributed by atoms with Crippen molar-refractivity contribution in [3.8, 4) is 0 Å². The molecule has 1 heterocycles. The topological polar surface area (TPSA) is 101 Å². The Labute approximate surface area is 168 Å². The lowest BCUT2D eigenvalue weighted by atomic mass is 10.1. The van der Waals surface area contributed by atoms with Crippen LogP contribution in [0.25, 0.3) is 10.9 Å². The van der Waals surface area contributed by atoms with Gasteiger partial charge in [-0.05, 0) is 31.0 Å². The number of rotatable bonds is 8. The number of aryl methyl sites for hydroxylation is 1. The molecule has 7 heteroatoms. The fourth-order valence-corrected chi connectivity index (χ4v) is 2.90. The first kappa shape index (κ1) is 20.3. The molecule has 1 aromatic heterocycles. The molecule has 1 atom stereocenters. The fourth-order valence-electron chi connectivity index (χ4n) is 2.90. The zero-order valence-electron chi connectivity index (χ0n) is 16.2. The molecule has 0 radical (unpaired) electrons. The zero-order valence-corrected chi connectivity index (χ0v) is 16.2. The number of hydrogen-bond donors (Lipinski definition) is 2. The van der Waals surface area contributed by atoms with Crippen molar-refractivity contribution in [3.63, 3.8) is 0 Å². The quantitative estimate of drug-likeness (QED) is 0.571. The van der Waals surface area contributed by atoms with Crippen molar-refractivity contribution < 1.29 is 14.3 Å². The largest absolute Gasteiger partial charge is 0.453 e. The van der Waals surface area contributed by atoms with Gasteiger partial charge in [-0.25, -0.2) is 4.98 Å². The van der Waals surface area contributed by atoms with Crippen molar-refractivity contribution in [2.45, 2.75) is 32.3 Å². The van der Waals surface area contributed by atoms with Gasteiger partial charge in [-0.3, -0.25) is 14.4 Å². The fraction of sp³-hybridized carbons (Fsp3) is 0.273. The molecular weight excluding hydrogens is 370 g/mol. The normalized spacial score (nSPS) is 11.8. The standard InChI is InChI=1S/C22H23N3O4/c1-15(21(27)23-14-13-16-7-3-2-4-8-16)29-20(26)12-11-19-24-18-10-6-5-9-17(18)22(28)25-19/h2-10,15H,11-14H2,1H3,(H,23,27)(H,24,25,28)/t15-/m1/s1. The molecule has 1 amide bonds. The van der Waals surface area contributed by atoms with Crippen molar-refractivity contribution in [2.75, 3.05) is 6.54 Å². The molecule has 0 aliphatic rings. The summed E-state index contributed by atoms with van der Waals surface area (Å²) in [6.07, 6.45) is 0.0557. The van der Waals surface area contributed by atoms with Crippen LogP contribution in [0, 0.1) is 0 Å². The second-order valence-electron chi connectivity index (χ2n) is 6.69. The highest BCUT2D eigenvalue weighted by Crippen LogP contribution is 2.07. The summed E-state index contributed by atoms with van der Waals surface area (Å²) in [5.74, 6) is -0.455. The number of ether oxygens (including phenoxy) is 1. The van der Waals surface area contributed by atoms with E-state index in [4.69, 9.17) is 4.74 Å². The van der Waals surface area contributed by atoms with E-state index >= 15 is 0 Å². The van der Waals surface area contributed by atoms with Crippen LogP contribution in [0.15, 0.2) is 59.4 Å². The lowest BCUT2D eigenvalue weighted by Crippen LogP contribution is -2.37. The maximum Gasteiger partial charge on any atom is 0.307 e. The molecule has 2 aromatic carbocycles. The van der Waals surface area contributed by atoms with Gasteiger partial charge in [-0.2, -0.15) is 0 Å². The van der Waals surface area contributed by atoms with Gasteiger partial charge >= 0.3 is 5.97 Å². The third-order valence-corrected chi connectivity index (χ3v) is 4.46. The van der Waals surface area contributed by atoms with Crippen molar-refractivity contribution in [1.29, 1.82) is 0 Å². The second-order valence-corrected chi connectivity index (χ2v) is 6.69. The lowest BCUT2D eigenvalue weighted by molar-refractivity contribution is -0.154. The Morgan fingerprint density at radius 1 is 1.07 bits per heavy atom. The summed E-state index contributed by atoms with van der Waals surface area (Å²) in [6.45, 7) is 2.00. The van der Waals surface area contributed by atoms with Crippen LogP contribution >= 0.6 is 0 Å². The average Bonchev–Trinajstić information content (AvgIpc) is 2.73. The Hall–Kier alpha value is -3.48. The molecule has 29 heavy (non-hydrogen) atoms. The number of carbonyl (C=O) groups excluding carboxylic acids is 2. The monoisotopic (exact) mass is 393 g/mol. The van der Waals surface area contributed by atoms with E-state index in [0.717, 1.165) is 5.56 Å². The second kappa shape index (κ2) is 9.64. The Balaban J connectivity index is 1.45. The van der Waals surface area contributed by atoms with Crippen LogP contribution in [-0.2, 0) is 27.2 Å². The number of hydrogen-bond acceptors (Lipinski definition) is 5. The molecule has 7 nitrogen and oxygen atoms in total. The number of nitrogens with zero attached hydrogens (tertiary/aromatic N) is 1. The molecule has 2 N–H and O–H groups in total. The minimum atomic E-state index is -0.887. The summed E-state index contributed by atoms with van der Waals surface area (Å²) >= 11 is 0. The number of aromatic nitrogens is 2. The first-order valence-corrected chi connectivity index (χ1v) is 9.52. The first-order chi connectivity index (χ1) is 14.0. The van der Waals surface area contributed by atoms with Gasteiger partial charge in [0.05, 0.1) is 17.3 Å². The Morgan fingerprint density at radius 2 is 1.79 bits per heavy atom. The minimum absolute atomic E-state index is 0.0168. The molecule has 0 aliphatic heterocycles. The maximum atomic E-state index is 12.1. The van der Waals surface area contributed by atoms with Crippen molar-refractivity contribution in [2.24, 2.45) is 0 Å². The van der Waals surface area contributed by atoms with Crippen LogP contribution in [0.2, 0.25) is 0 Å². The molecule has 3 rings (SSSR count). The highest BCUT2D eigenvalue weighted by atomic mass is 16.5. The van der Waals surface area contributed by atoms with E-state index in [1.165, 1.54) is 6.92 Å². The smallest absolute Gasteiger partial charge is 0.307 e. The lowest BCUT2D eigenvalue weighted by Gasteiger charge is -2.13. The van der Waals surface area contributed by atoms with Crippen LogP contribution in [0.4, 0.5) is 0 Å². The van der Waals surface area contributed by atoms with Crippen LogP contribution in [-0.4, -0.2) is 34.5 Å². The highest BCUT2D eigenvalue weighted by Gasteiger charge is 2.17. The van der Waals surface area contributed by atoms with Crippen molar-refractivity contribution in [1.82, 2.24) is 15.3 Å². The van der Waals surface area contributed by atoms with E-state index in [2.05, 4.69) is 15.3 Å². The third-order valence-electron chi connectivity index (χ3n) is 4.46. The third kappa shape index (κ3) is 5.75. The van der Waals surface area contributed by atoms with Gasteiger partial charge in [0, 0.05) is 13.0 Å². The number of aromatic amines is 1. The number of fused-ring (bicyclic) bond motifs is 1. The maximum absolute atomic E-state index is 12.1. The van der Waals surface area contributed by atoms with Crippen LogP contribution in [0.5, 0.6) is 0 Å². The van der Waals surface area contributed by atoms with Gasteiger partial charge in [0.1, 0.15) is 5.82 Å². The number of amides is 1. The number of benzene rings is 2. The number of para-hydroxylation sites is 1. The molecule has 0 bridgehead atoms. The summed E-state index contributed by atoms with van der Waals surface area (Å²) in [6, 6.07) is 16.8. The van der Waals surface area contributed by atoms with Crippen LogP contribution < -0.4 is 10.9 Å². The Bertz CT molecular complexity index is 1050. The van der Waals surface area contributed by atoms with Crippen LogP contribution in [0.3, 0.4) is 0 Å². The molecule has 0 aliphatic carbocycles. The molecule has 0 saturated heterocycles. The Morgan fingerprint density at radius 3 is 2.59 bits per heavy atom. The van der Waals surface area contributed by atoms with Crippen LogP contribution in [0.1, 0.15) is 24.7 Å². The number of H-pyrrole nitrogens is 1. The van der Waals surface area contributed by atoms with E-state index < -0.39 is 12.1 Å². The number of nitrogens with one attached hydrogen (secondary N) is 2. The molecular formula is C22H23N3O4. The van der Waals surface area contributed by atoms with E-state index in [9.17, 15) is 14.4 Å². The van der Waals surface area contributed by atoms with Gasteiger partial charge in [-0.1, -0.05) is 42.5 Å². The molecule has 3 aromatic rings. The summed E-state index contributed by atoms with van der Waals surface area (Å²) < 4.78 is 5.18. The first-order valence-electron chi connectivity index (χ1n) is 9.52. The van der Waals surface area contributed by atoms with Gasteiger partial charge in [-0.15, -0.1) is 0 Å². The van der Waals surface area contributed by atoms with E-state index in [0.29, 0.717) is 29.7 Å². The van der Waals surface area contributed by atoms with Gasteiger partial charge in [0.15, 0.2) is 6.10 Å². The highest BCUT2D eigenvalue weighted by molar-refractivity contribution is 5.83. The summed E-state index contributed by atoms with van der Waals surface area (Å²) in [4.78, 5) is 43.2. The number of carbonyl (C=O) groups is 2. The van der Waals surface area contributed by atoms with E-state index in [1.54, 1.807) is 24.3 Å². The molecule has 0 unspecified atom stereocenters. The van der Waals surface area contributed by atoms with Gasteiger partial charge in [0.25, 0.3) is 11.5 Å². The predicted molar refractivity (Wildman–Crippen MR) is 109 cm³/mol. The van der Waals surface area contributed by atoms with Crippen molar-refractivity contribution >= 4 is 22.8 Å². The average molecular weight is 393 g/mol. The zero-order chi connectivity index (χ0) is 20.6.